The van der Waals surface area contributed by atoms with Gasteiger partial charge in [0.15, 0.2) is 11.5 Å². The molecule has 3 rings (SSSR count). The van der Waals surface area contributed by atoms with Gasteiger partial charge in [-0.25, -0.2) is 0 Å². The first-order valence-corrected chi connectivity index (χ1v) is 9.98. The summed E-state index contributed by atoms with van der Waals surface area (Å²) in [5.74, 6) is 0.852. The molecule has 150 valence electrons. The maximum absolute atomic E-state index is 13.0. The molecule has 28 heavy (non-hydrogen) atoms. The maximum atomic E-state index is 13.0. The van der Waals surface area contributed by atoms with Gasteiger partial charge in [0, 0.05) is 42.5 Å². The molecule has 1 amide bonds. The van der Waals surface area contributed by atoms with Gasteiger partial charge in [0.1, 0.15) is 0 Å². The van der Waals surface area contributed by atoms with Crippen LogP contribution in [0.25, 0.3) is 0 Å². The van der Waals surface area contributed by atoms with Crippen LogP contribution in [0.1, 0.15) is 24.2 Å². The first-order valence-electron chi connectivity index (χ1n) is 9.23. The molecule has 0 aromatic heterocycles. The minimum atomic E-state index is -0.0676. The highest BCUT2D eigenvalue weighted by Crippen LogP contribution is 2.37. The number of hydrogen-bond acceptors (Lipinski definition) is 4. The zero-order chi connectivity index (χ0) is 20.3. The number of amides is 1. The molecule has 0 radical (unpaired) electrons. The number of halogens is 2. The number of benzene rings is 2. The topological polar surface area (TPSA) is 42.0 Å². The smallest absolute Gasteiger partial charge is 0.254 e. The van der Waals surface area contributed by atoms with Gasteiger partial charge in [0.25, 0.3) is 5.91 Å². The van der Waals surface area contributed by atoms with Crippen molar-refractivity contribution in [3.05, 3.63) is 52.0 Å². The van der Waals surface area contributed by atoms with Crippen LogP contribution in [0.4, 0.5) is 5.69 Å². The molecule has 0 N–H and O–H groups in total. The Morgan fingerprint density at radius 1 is 1.07 bits per heavy atom. The number of piperazine rings is 1. The van der Waals surface area contributed by atoms with Crippen molar-refractivity contribution in [1.82, 2.24) is 4.90 Å². The number of methoxy groups -OCH3 is 1. The van der Waals surface area contributed by atoms with E-state index in [0.29, 0.717) is 40.2 Å². The fourth-order valence-corrected chi connectivity index (χ4v) is 3.66. The Morgan fingerprint density at radius 3 is 2.39 bits per heavy atom. The van der Waals surface area contributed by atoms with E-state index >= 15 is 0 Å². The molecule has 1 aliphatic rings. The molecule has 0 bridgehead atoms. The molecule has 2 aromatic carbocycles. The normalized spacial score (nSPS) is 14.4. The first-order chi connectivity index (χ1) is 13.4. The lowest BCUT2D eigenvalue weighted by molar-refractivity contribution is 0.0746. The number of hydrogen-bond donors (Lipinski definition) is 0. The third-order valence-electron chi connectivity index (χ3n) is 4.57. The van der Waals surface area contributed by atoms with Crippen molar-refractivity contribution < 1.29 is 14.3 Å². The number of carbonyl (C=O) groups is 1. The highest BCUT2D eigenvalue weighted by Gasteiger charge is 2.24. The second-order valence-electron chi connectivity index (χ2n) is 6.92. The Hall–Kier alpha value is -2.11. The lowest BCUT2D eigenvalue weighted by atomic mass is 10.1. The number of nitrogens with zero attached hydrogens (tertiary/aromatic N) is 2. The molecule has 7 heteroatoms. The molecule has 1 aliphatic heterocycles. The molecular weight excluding hydrogens is 399 g/mol. The monoisotopic (exact) mass is 422 g/mol. The van der Waals surface area contributed by atoms with Crippen molar-refractivity contribution in [3.63, 3.8) is 0 Å². The van der Waals surface area contributed by atoms with Crippen molar-refractivity contribution in [2.24, 2.45) is 0 Å². The van der Waals surface area contributed by atoms with Crippen LogP contribution in [-0.2, 0) is 0 Å². The van der Waals surface area contributed by atoms with Gasteiger partial charge in [-0.05, 0) is 44.2 Å². The van der Waals surface area contributed by atoms with Crippen molar-refractivity contribution in [2.45, 2.75) is 20.0 Å². The summed E-state index contributed by atoms with van der Waals surface area (Å²) in [7, 11) is 1.54. The highest BCUT2D eigenvalue weighted by atomic mass is 35.5. The van der Waals surface area contributed by atoms with Crippen LogP contribution < -0.4 is 14.4 Å². The predicted octanol–water partition coefficient (Wildman–Crippen LogP) is 4.75. The third kappa shape index (κ3) is 4.65. The Balaban J connectivity index is 1.72. The zero-order valence-electron chi connectivity index (χ0n) is 16.2. The fourth-order valence-electron chi connectivity index (χ4n) is 3.22. The van der Waals surface area contributed by atoms with Crippen LogP contribution in [-0.4, -0.2) is 50.2 Å². The summed E-state index contributed by atoms with van der Waals surface area (Å²) in [6, 6.07) is 11.1. The highest BCUT2D eigenvalue weighted by molar-refractivity contribution is 6.32. The summed E-state index contributed by atoms with van der Waals surface area (Å²) in [6.07, 6.45) is -0.0486. The number of anilines is 1. The second kappa shape index (κ2) is 8.93. The molecule has 1 heterocycles. The third-order valence-corrected chi connectivity index (χ3v) is 5.09. The average molecular weight is 423 g/mol. The summed E-state index contributed by atoms with van der Waals surface area (Å²) in [5, 5.41) is 1.08. The van der Waals surface area contributed by atoms with Gasteiger partial charge >= 0.3 is 0 Å². The fraction of sp³-hybridized carbons (Fsp3) is 0.381. The summed E-state index contributed by atoms with van der Waals surface area (Å²) >= 11 is 12.4. The lowest BCUT2D eigenvalue weighted by Crippen LogP contribution is -2.48. The molecule has 0 atom stereocenters. The van der Waals surface area contributed by atoms with Crippen LogP contribution in [0.5, 0.6) is 11.5 Å². The average Bonchev–Trinajstić information content (AvgIpc) is 2.68. The Kier molecular flexibility index (Phi) is 6.57. The van der Waals surface area contributed by atoms with E-state index in [9.17, 15) is 4.79 Å². The van der Waals surface area contributed by atoms with E-state index in [1.807, 2.05) is 43.0 Å². The van der Waals surface area contributed by atoms with Gasteiger partial charge in [-0.2, -0.15) is 0 Å². The molecule has 2 aromatic rings. The van der Waals surface area contributed by atoms with E-state index < -0.39 is 0 Å². The number of carbonyl (C=O) groups excluding carboxylic acids is 1. The predicted molar refractivity (Wildman–Crippen MR) is 113 cm³/mol. The quantitative estimate of drug-likeness (QED) is 0.696. The van der Waals surface area contributed by atoms with Crippen LogP contribution in [0.2, 0.25) is 10.0 Å². The number of ether oxygens (including phenoxy) is 2. The maximum Gasteiger partial charge on any atom is 0.254 e. The molecule has 1 fully saturated rings. The second-order valence-corrected chi connectivity index (χ2v) is 7.76. The van der Waals surface area contributed by atoms with Gasteiger partial charge < -0.3 is 19.3 Å². The van der Waals surface area contributed by atoms with E-state index in [2.05, 4.69) is 4.90 Å². The van der Waals surface area contributed by atoms with Crippen LogP contribution in [0, 0.1) is 0 Å². The lowest BCUT2D eigenvalue weighted by Gasteiger charge is -2.36. The Morgan fingerprint density at radius 2 is 1.79 bits per heavy atom. The summed E-state index contributed by atoms with van der Waals surface area (Å²) in [5.41, 5.74) is 1.56. The van der Waals surface area contributed by atoms with Crippen molar-refractivity contribution in [3.8, 4) is 11.5 Å². The van der Waals surface area contributed by atoms with E-state index in [1.54, 1.807) is 12.1 Å². The van der Waals surface area contributed by atoms with Gasteiger partial charge in [-0.3, -0.25) is 4.79 Å². The van der Waals surface area contributed by atoms with E-state index in [1.165, 1.54) is 7.11 Å². The molecule has 5 nitrogen and oxygen atoms in total. The Labute approximate surface area is 175 Å². The largest absolute Gasteiger partial charge is 0.493 e. The van der Waals surface area contributed by atoms with Crippen molar-refractivity contribution in [2.75, 3.05) is 38.2 Å². The zero-order valence-corrected chi connectivity index (χ0v) is 17.8. The Bertz CT molecular complexity index is 850. The summed E-state index contributed by atoms with van der Waals surface area (Å²) < 4.78 is 11.1. The van der Waals surface area contributed by atoms with E-state index in [-0.39, 0.29) is 12.0 Å². The molecule has 0 unspecified atom stereocenters. The molecule has 1 saturated heterocycles. The SMILES string of the molecule is COc1cc(C(=O)N2CCN(c3cccc(Cl)c3)CC2)cc(Cl)c1OC(C)C. The molecule has 0 saturated carbocycles. The minimum Gasteiger partial charge on any atom is -0.493 e. The van der Waals surface area contributed by atoms with Crippen molar-refractivity contribution >= 4 is 34.8 Å². The standard InChI is InChI=1S/C21H24Cl2N2O3/c1-14(2)28-20-18(23)11-15(12-19(20)27-3)21(26)25-9-7-24(8-10-25)17-6-4-5-16(22)13-17/h4-6,11-14H,7-10H2,1-3H3. The van der Waals surface area contributed by atoms with Gasteiger partial charge in [0.05, 0.1) is 18.2 Å². The number of rotatable bonds is 5. The molecule has 0 aliphatic carbocycles. The van der Waals surface area contributed by atoms with E-state index in [4.69, 9.17) is 32.7 Å². The van der Waals surface area contributed by atoms with Crippen molar-refractivity contribution in [1.29, 1.82) is 0 Å². The molecule has 0 spiro atoms. The van der Waals surface area contributed by atoms with E-state index in [0.717, 1.165) is 18.8 Å². The first kappa shape index (κ1) is 20.6. The minimum absolute atomic E-state index is 0.0486. The van der Waals surface area contributed by atoms with Crippen LogP contribution >= 0.6 is 23.2 Å². The summed E-state index contributed by atoms with van der Waals surface area (Å²) in [4.78, 5) is 17.0. The summed E-state index contributed by atoms with van der Waals surface area (Å²) in [6.45, 7) is 6.55. The van der Waals surface area contributed by atoms with Gasteiger partial charge in [0.2, 0.25) is 0 Å². The van der Waals surface area contributed by atoms with Crippen LogP contribution in [0.15, 0.2) is 36.4 Å². The van der Waals surface area contributed by atoms with Crippen LogP contribution in [0.3, 0.4) is 0 Å². The van der Waals surface area contributed by atoms with Gasteiger partial charge in [-0.15, -0.1) is 0 Å². The molecular formula is C21H24Cl2N2O3. The van der Waals surface area contributed by atoms with Gasteiger partial charge in [-0.1, -0.05) is 29.3 Å².